The van der Waals surface area contributed by atoms with Crippen molar-refractivity contribution in [2.24, 2.45) is 4.99 Å². The van der Waals surface area contributed by atoms with Crippen molar-refractivity contribution in [3.63, 3.8) is 0 Å². The van der Waals surface area contributed by atoms with Crippen LogP contribution in [-0.4, -0.2) is 40.1 Å². The second kappa shape index (κ2) is 2.85. The molecule has 0 bridgehead atoms. The van der Waals surface area contributed by atoms with Crippen molar-refractivity contribution in [1.29, 1.82) is 0 Å². The molecule has 0 atom stereocenters. The highest BCUT2D eigenvalue weighted by Crippen LogP contribution is 2.28. The summed E-state index contributed by atoms with van der Waals surface area (Å²) in [5.41, 5.74) is 0. The fourth-order valence-electron chi connectivity index (χ4n) is 0.757. The maximum atomic E-state index is 10.6. The van der Waals surface area contributed by atoms with Crippen LogP contribution in [0.1, 0.15) is 0 Å². The first-order valence-electron chi connectivity index (χ1n) is 3.05. The summed E-state index contributed by atoms with van der Waals surface area (Å²) in [4.78, 5) is 32.2. The summed E-state index contributed by atoms with van der Waals surface area (Å²) in [6.45, 7) is 0.0440. The normalized spacial score (nSPS) is 18.1. The molecule has 8 heteroatoms. The first kappa shape index (κ1) is 9.18. The van der Waals surface area contributed by atoms with Crippen molar-refractivity contribution in [2.75, 3.05) is 13.6 Å². The molecule has 0 radical (unpaired) electrons. The molecule has 0 fully saturated rings. The minimum atomic E-state index is -4.35. The van der Waals surface area contributed by atoms with Gasteiger partial charge in [-0.15, -0.1) is 0 Å². The number of carbonyl (C=O) groups excluding carboxylic acids is 1. The molecule has 0 spiro atoms. The van der Waals surface area contributed by atoms with Crippen molar-refractivity contribution >= 4 is 19.6 Å². The number of guanidine groups is 1. The van der Waals surface area contributed by atoms with Crippen molar-refractivity contribution in [2.45, 2.75) is 0 Å². The molecule has 0 aliphatic carbocycles. The van der Waals surface area contributed by atoms with Gasteiger partial charge in [0.25, 0.3) is 5.91 Å². The number of hydrogen-bond donors (Lipinski definition) is 3. The summed E-state index contributed by atoms with van der Waals surface area (Å²) < 4.78 is 10.4. The van der Waals surface area contributed by atoms with Gasteiger partial charge in [0.05, 0.1) is 0 Å². The van der Waals surface area contributed by atoms with E-state index in [0.29, 0.717) is 0 Å². The standard InChI is InChI=1S/C4H8N3O4P/c1-7-2-3(8)5-4(7)6-12(9,10)11/h2H2,1H3,(H3,5,6,8,9,10,11). The molecule has 0 saturated carbocycles. The quantitative estimate of drug-likeness (QED) is 0.438. The van der Waals surface area contributed by atoms with E-state index in [1.54, 1.807) is 0 Å². The third-order valence-corrected chi connectivity index (χ3v) is 1.70. The van der Waals surface area contributed by atoms with Gasteiger partial charge < -0.3 is 14.7 Å². The number of hydrogen-bond acceptors (Lipinski definition) is 3. The Bertz CT molecular complexity index is 282. The number of likely N-dealkylation sites (N-methyl/N-ethyl adjacent to an activating group) is 1. The summed E-state index contributed by atoms with van der Waals surface area (Å²) in [6, 6.07) is 0. The predicted molar refractivity (Wildman–Crippen MR) is 40.3 cm³/mol. The van der Waals surface area contributed by atoms with Crippen LogP contribution >= 0.6 is 7.75 Å². The van der Waals surface area contributed by atoms with Gasteiger partial charge in [0.15, 0.2) is 0 Å². The molecule has 0 aromatic heterocycles. The highest BCUT2D eigenvalue weighted by molar-refractivity contribution is 7.50. The largest absolute Gasteiger partial charge is 0.429 e. The van der Waals surface area contributed by atoms with Crippen LogP contribution < -0.4 is 5.09 Å². The molecule has 0 aromatic carbocycles. The fraction of sp³-hybridized carbons (Fsp3) is 0.500. The van der Waals surface area contributed by atoms with Crippen molar-refractivity contribution in [1.82, 2.24) is 9.99 Å². The summed E-state index contributed by atoms with van der Waals surface area (Å²) >= 11 is 0. The molecule has 0 aromatic rings. The van der Waals surface area contributed by atoms with E-state index in [1.807, 2.05) is 5.09 Å². The second-order valence-electron chi connectivity index (χ2n) is 2.34. The van der Waals surface area contributed by atoms with E-state index in [4.69, 9.17) is 9.79 Å². The van der Waals surface area contributed by atoms with E-state index >= 15 is 0 Å². The zero-order valence-electron chi connectivity index (χ0n) is 6.26. The molecule has 12 heavy (non-hydrogen) atoms. The molecule has 1 rings (SSSR count). The van der Waals surface area contributed by atoms with Gasteiger partial charge in [-0.3, -0.25) is 9.88 Å². The van der Waals surface area contributed by atoms with Gasteiger partial charge in [0, 0.05) is 7.05 Å². The molecule has 0 unspecified atom stereocenters. The van der Waals surface area contributed by atoms with Crippen molar-refractivity contribution < 1.29 is 19.1 Å². The molecule has 1 amide bonds. The number of nitrogens with zero attached hydrogens (tertiary/aromatic N) is 2. The summed E-state index contributed by atoms with van der Waals surface area (Å²) in [5, 5.41) is 1.82. The lowest BCUT2D eigenvalue weighted by Gasteiger charge is -2.14. The van der Waals surface area contributed by atoms with Crippen LogP contribution in [0.5, 0.6) is 0 Å². The number of carbonyl (C=O) groups is 1. The van der Waals surface area contributed by atoms with Gasteiger partial charge in [-0.2, -0.15) is 4.99 Å². The van der Waals surface area contributed by atoms with Crippen molar-refractivity contribution in [3.8, 4) is 0 Å². The SMILES string of the molecule is CN1CC(=O)N=C1NP(=O)(O)O. The highest BCUT2D eigenvalue weighted by atomic mass is 31.2. The average Bonchev–Trinajstić information content (AvgIpc) is 2.06. The fourth-order valence-corrected chi connectivity index (χ4v) is 1.24. The smallest absolute Gasteiger partial charge is 0.336 e. The molecule has 68 valence electrons. The zero-order valence-corrected chi connectivity index (χ0v) is 7.15. The van der Waals surface area contributed by atoms with Crippen LogP contribution in [0.15, 0.2) is 4.99 Å². The van der Waals surface area contributed by atoms with E-state index in [1.165, 1.54) is 11.9 Å². The predicted octanol–water partition coefficient (Wildman–Crippen LogP) is -1.50. The molecular formula is C4H8N3O4P. The Morgan fingerprint density at radius 1 is 1.67 bits per heavy atom. The Labute approximate surface area is 68.3 Å². The van der Waals surface area contributed by atoms with E-state index in [-0.39, 0.29) is 12.5 Å². The van der Waals surface area contributed by atoms with E-state index in [0.717, 1.165) is 0 Å². The molecule has 3 N–H and O–H groups in total. The topological polar surface area (TPSA) is 102 Å². The Morgan fingerprint density at radius 3 is 2.58 bits per heavy atom. The van der Waals surface area contributed by atoms with Gasteiger partial charge in [-0.05, 0) is 0 Å². The lowest BCUT2D eigenvalue weighted by Crippen LogP contribution is -2.33. The summed E-state index contributed by atoms with van der Waals surface area (Å²) in [6.07, 6.45) is 0. The average molecular weight is 193 g/mol. The Kier molecular flexibility index (Phi) is 2.18. The van der Waals surface area contributed by atoms with E-state index in [9.17, 15) is 9.36 Å². The number of rotatable bonds is 1. The molecular weight excluding hydrogens is 185 g/mol. The lowest BCUT2D eigenvalue weighted by molar-refractivity contribution is -0.116. The third kappa shape index (κ3) is 2.30. The van der Waals surface area contributed by atoms with Crippen LogP contribution in [0.2, 0.25) is 0 Å². The summed E-state index contributed by atoms with van der Waals surface area (Å²) in [7, 11) is -2.85. The molecule has 0 saturated heterocycles. The van der Waals surface area contributed by atoms with Crippen LogP contribution in [0.25, 0.3) is 0 Å². The molecule has 1 aliphatic rings. The van der Waals surface area contributed by atoms with E-state index < -0.39 is 13.7 Å². The first-order chi connectivity index (χ1) is 5.38. The Morgan fingerprint density at radius 2 is 2.25 bits per heavy atom. The Balaban J connectivity index is 2.71. The Hall–Kier alpha value is -0.910. The van der Waals surface area contributed by atoms with Gasteiger partial charge >= 0.3 is 7.75 Å². The monoisotopic (exact) mass is 193 g/mol. The number of nitrogens with one attached hydrogen (secondary N) is 1. The van der Waals surface area contributed by atoms with Gasteiger partial charge in [-0.25, -0.2) is 4.57 Å². The van der Waals surface area contributed by atoms with Crippen LogP contribution in [-0.2, 0) is 9.36 Å². The van der Waals surface area contributed by atoms with Gasteiger partial charge in [-0.1, -0.05) is 0 Å². The van der Waals surface area contributed by atoms with Gasteiger partial charge in [0.2, 0.25) is 5.96 Å². The van der Waals surface area contributed by atoms with Crippen LogP contribution in [0.3, 0.4) is 0 Å². The molecule has 1 heterocycles. The van der Waals surface area contributed by atoms with E-state index in [2.05, 4.69) is 4.99 Å². The van der Waals surface area contributed by atoms with Crippen LogP contribution in [0.4, 0.5) is 0 Å². The summed E-state index contributed by atoms with van der Waals surface area (Å²) in [5.74, 6) is -0.512. The highest BCUT2D eigenvalue weighted by Gasteiger charge is 2.24. The van der Waals surface area contributed by atoms with Crippen molar-refractivity contribution in [3.05, 3.63) is 0 Å². The number of aliphatic imine (C=N–C) groups is 1. The number of amides is 1. The second-order valence-corrected chi connectivity index (χ2v) is 3.65. The molecule has 1 aliphatic heterocycles. The van der Waals surface area contributed by atoms with Crippen LogP contribution in [0, 0.1) is 0 Å². The maximum absolute atomic E-state index is 10.6. The first-order valence-corrected chi connectivity index (χ1v) is 4.66. The zero-order chi connectivity index (χ0) is 9.35. The minimum absolute atomic E-state index is 0.0440. The maximum Gasteiger partial charge on any atom is 0.429 e. The van der Waals surface area contributed by atoms with Gasteiger partial charge in [0.1, 0.15) is 6.54 Å². The lowest BCUT2D eigenvalue weighted by atomic mass is 10.6. The third-order valence-electron chi connectivity index (χ3n) is 1.21. The molecule has 7 nitrogen and oxygen atoms in total. The minimum Gasteiger partial charge on any atom is -0.336 e.